The molecular weight excluding hydrogens is 228 g/mol. The van der Waals surface area contributed by atoms with E-state index in [2.05, 4.69) is 46.3 Å². The van der Waals surface area contributed by atoms with E-state index in [4.69, 9.17) is 0 Å². The molecule has 1 fully saturated rings. The van der Waals surface area contributed by atoms with Crippen molar-refractivity contribution in [3.8, 4) is 0 Å². The van der Waals surface area contributed by atoms with Crippen molar-refractivity contribution in [3.63, 3.8) is 0 Å². The number of nitrogens with zero attached hydrogens (tertiary/aromatic N) is 1. The van der Waals surface area contributed by atoms with Crippen molar-refractivity contribution >= 4 is 28.2 Å². The Hall–Kier alpha value is -1.22. The van der Waals surface area contributed by atoms with E-state index in [1.165, 1.54) is 40.8 Å². The van der Waals surface area contributed by atoms with Gasteiger partial charge in [0.2, 0.25) is 0 Å². The Kier molecular flexibility index (Phi) is 3.18. The second-order valence-electron chi connectivity index (χ2n) is 4.44. The van der Waals surface area contributed by atoms with Gasteiger partial charge in [0, 0.05) is 23.0 Å². The quantitative estimate of drug-likeness (QED) is 0.874. The van der Waals surface area contributed by atoms with Crippen LogP contribution in [0, 0.1) is 0 Å². The van der Waals surface area contributed by atoms with Gasteiger partial charge in [-0.25, -0.2) is 0 Å². The normalized spacial score (nSPS) is 17.2. The molecular formula is C14H16N2S. The van der Waals surface area contributed by atoms with Crippen LogP contribution in [0.25, 0.3) is 10.8 Å². The summed E-state index contributed by atoms with van der Waals surface area (Å²) in [5.74, 6) is 2.55. The molecule has 0 amide bonds. The maximum absolute atomic E-state index is 4.31. The van der Waals surface area contributed by atoms with Gasteiger partial charge in [0.05, 0.1) is 11.9 Å². The summed E-state index contributed by atoms with van der Waals surface area (Å²) in [6.45, 7) is 0. The molecule has 2 heterocycles. The summed E-state index contributed by atoms with van der Waals surface area (Å²) in [5, 5.41) is 6.14. The van der Waals surface area contributed by atoms with Crippen LogP contribution in [-0.2, 0) is 0 Å². The largest absolute Gasteiger partial charge is 0.381 e. The minimum absolute atomic E-state index is 0.615. The number of benzene rings is 1. The Labute approximate surface area is 106 Å². The number of anilines is 1. The van der Waals surface area contributed by atoms with Crippen LogP contribution in [0.1, 0.15) is 12.8 Å². The third kappa shape index (κ3) is 2.39. The zero-order valence-electron chi connectivity index (χ0n) is 9.73. The third-order valence-electron chi connectivity index (χ3n) is 3.25. The van der Waals surface area contributed by atoms with E-state index in [1.54, 1.807) is 0 Å². The van der Waals surface area contributed by atoms with Crippen molar-refractivity contribution in [1.29, 1.82) is 0 Å². The molecule has 0 saturated carbocycles. The topological polar surface area (TPSA) is 24.9 Å². The molecule has 0 radical (unpaired) electrons. The van der Waals surface area contributed by atoms with Crippen molar-refractivity contribution in [1.82, 2.24) is 4.98 Å². The molecule has 1 saturated heterocycles. The van der Waals surface area contributed by atoms with E-state index < -0.39 is 0 Å². The molecule has 0 bridgehead atoms. The number of hydrogen-bond donors (Lipinski definition) is 1. The summed E-state index contributed by atoms with van der Waals surface area (Å²) in [5.41, 5.74) is 1.18. The Bertz CT molecular complexity index is 501. The first-order valence-electron chi connectivity index (χ1n) is 6.10. The molecule has 1 aliphatic rings. The first kappa shape index (κ1) is 10.9. The van der Waals surface area contributed by atoms with Crippen molar-refractivity contribution in [2.75, 3.05) is 16.8 Å². The average Bonchev–Trinajstić information content (AvgIpc) is 2.40. The van der Waals surface area contributed by atoms with Gasteiger partial charge >= 0.3 is 0 Å². The smallest absolute Gasteiger partial charge is 0.0608 e. The van der Waals surface area contributed by atoms with Gasteiger partial charge < -0.3 is 5.32 Å². The molecule has 0 aliphatic carbocycles. The number of rotatable bonds is 2. The van der Waals surface area contributed by atoms with E-state index in [0.29, 0.717) is 6.04 Å². The summed E-state index contributed by atoms with van der Waals surface area (Å²) in [6, 6.07) is 9.04. The van der Waals surface area contributed by atoms with Crippen molar-refractivity contribution in [2.24, 2.45) is 0 Å². The summed E-state index contributed by atoms with van der Waals surface area (Å²) in [7, 11) is 0. The predicted octanol–water partition coefficient (Wildman–Crippen LogP) is 3.54. The summed E-state index contributed by atoms with van der Waals surface area (Å²) in [6.07, 6.45) is 6.39. The predicted molar refractivity (Wildman–Crippen MR) is 75.7 cm³/mol. The van der Waals surface area contributed by atoms with Crippen molar-refractivity contribution < 1.29 is 0 Å². The maximum Gasteiger partial charge on any atom is 0.0608 e. The highest BCUT2D eigenvalue weighted by Gasteiger charge is 2.14. The molecule has 0 spiro atoms. The second kappa shape index (κ2) is 4.96. The van der Waals surface area contributed by atoms with Crippen LogP contribution < -0.4 is 5.32 Å². The first-order chi connectivity index (χ1) is 8.43. The molecule has 2 aromatic rings. The standard InChI is InChI=1S/C14H16N2S/c1-2-4-13-11(3-1)9-15-10-14(13)16-12-5-7-17-8-6-12/h1-4,9-10,12,16H,5-8H2. The molecule has 88 valence electrons. The summed E-state index contributed by atoms with van der Waals surface area (Å²) < 4.78 is 0. The van der Waals surface area contributed by atoms with Gasteiger partial charge in [-0.2, -0.15) is 11.8 Å². The fourth-order valence-electron chi connectivity index (χ4n) is 2.29. The van der Waals surface area contributed by atoms with Crippen LogP contribution in [0.3, 0.4) is 0 Å². The highest BCUT2D eigenvalue weighted by Crippen LogP contribution is 2.25. The molecule has 1 aromatic carbocycles. The highest BCUT2D eigenvalue weighted by molar-refractivity contribution is 7.99. The Morgan fingerprint density at radius 1 is 1.12 bits per heavy atom. The lowest BCUT2D eigenvalue weighted by molar-refractivity contribution is 0.667. The Morgan fingerprint density at radius 2 is 1.94 bits per heavy atom. The Balaban J connectivity index is 1.89. The lowest BCUT2D eigenvalue weighted by Crippen LogP contribution is -2.24. The van der Waals surface area contributed by atoms with E-state index >= 15 is 0 Å². The van der Waals surface area contributed by atoms with E-state index in [1.807, 2.05) is 12.4 Å². The second-order valence-corrected chi connectivity index (χ2v) is 5.66. The van der Waals surface area contributed by atoms with Gasteiger partial charge in [0.25, 0.3) is 0 Å². The van der Waals surface area contributed by atoms with Crippen LogP contribution in [0.5, 0.6) is 0 Å². The molecule has 17 heavy (non-hydrogen) atoms. The van der Waals surface area contributed by atoms with E-state index in [-0.39, 0.29) is 0 Å². The Morgan fingerprint density at radius 3 is 2.82 bits per heavy atom. The van der Waals surface area contributed by atoms with Gasteiger partial charge in [-0.3, -0.25) is 4.98 Å². The van der Waals surface area contributed by atoms with Gasteiger partial charge in [-0.15, -0.1) is 0 Å². The molecule has 2 nitrogen and oxygen atoms in total. The fraction of sp³-hybridized carbons (Fsp3) is 0.357. The lowest BCUT2D eigenvalue weighted by atomic mass is 10.1. The summed E-state index contributed by atoms with van der Waals surface area (Å²) >= 11 is 2.06. The van der Waals surface area contributed by atoms with Crippen LogP contribution in [0.2, 0.25) is 0 Å². The maximum atomic E-state index is 4.31. The zero-order valence-corrected chi connectivity index (χ0v) is 10.5. The monoisotopic (exact) mass is 244 g/mol. The zero-order chi connectivity index (χ0) is 11.5. The molecule has 1 aliphatic heterocycles. The van der Waals surface area contributed by atoms with Crippen LogP contribution >= 0.6 is 11.8 Å². The van der Waals surface area contributed by atoms with Crippen LogP contribution in [0.4, 0.5) is 5.69 Å². The molecule has 1 N–H and O–H groups in total. The number of nitrogens with one attached hydrogen (secondary N) is 1. The molecule has 0 unspecified atom stereocenters. The third-order valence-corrected chi connectivity index (χ3v) is 4.30. The van der Waals surface area contributed by atoms with Gasteiger partial charge in [-0.1, -0.05) is 24.3 Å². The number of pyridine rings is 1. The number of aromatic nitrogens is 1. The first-order valence-corrected chi connectivity index (χ1v) is 7.26. The number of hydrogen-bond acceptors (Lipinski definition) is 3. The molecule has 0 atom stereocenters. The van der Waals surface area contributed by atoms with E-state index in [0.717, 1.165) is 0 Å². The SMILES string of the molecule is c1ccc2c(NC3CCSCC3)cncc2c1. The van der Waals surface area contributed by atoms with Gasteiger partial charge in [0.15, 0.2) is 0 Å². The van der Waals surface area contributed by atoms with Crippen molar-refractivity contribution in [2.45, 2.75) is 18.9 Å². The number of fused-ring (bicyclic) bond motifs is 1. The van der Waals surface area contributed by atoms with Gasteiger partial charge in [0.1, 0.15) is 0 Å². The highest BCUT2D eigenvalue weighted by atomic mass is 32.2. The lowest BCUT2D eigenvalue weighted by Gasteiger charge is -2.24. The average molecular weight is 244 g/mol. The minimum atomic E-state index is 0.615. The minimum Gasteiger partial charge on any atom is -0.381 e. The number of thioether (sulfide) groups is 1. The van der Waals surface area contributed by atoms with Crippen molar-refractivity contribution in [3.05, 3.63) is 36.7 Å². The molecule has 3 rings (SSSR count). The summed E-state index contributed by atoms with van der Waals surface area (Å²) in [4.78, 5) is 4.31. The van der Waals surface area contributed by atoms with Crippen LogP contribution in [-0.4, -0.2) is 22.5 Å². The van der Waals surface area contributed by atoms with Gasteiger partial charge in [-0.05, 0) is 24.3 Å². The molecule has 3 heteroatoms. The fourth-order valence-corrected chi connectivity index (χ4v) is 3.40. The van der Waals surface area contributed by atoms with Crippen LogP contribution in [0.15, 0.2) is 36.7 Å². The van der Waals surface area contributed by atoms with E-state index in [9.17, 15) is 0 Å². The molecule has 1 aromatic heterocycles.